The van der Waals surface area contributed by atoms with Gasteiger partial charge in [0.1, 0.15) is 0 Å². The van der Waals surface area contributed by atoms with Crippen LogP contribution in [-0.2, 0) is 0 Å². The van der Waals surface area contributed by atoms with Crippen molar-refractivity contribution in [2.45, 2.75) is 25.9 Å². The molecule has 0 saturated carbocycles. The van der Waals surface area contributed by atoms with E-state index in [-0.39, 0.29) is 12.1 Å². The smallest absolute Gasteiger partial charge is 0.247 e. The van der Waals surface area contributed by atoms with E-state index in [1.54, 1.807) is 0 Å². The highest BCUT2D eigenvalue weighted by Crippen LogP contribution is 2.26. The zero-order valence-electron chi connectivity index (χ0n) is 13.0. The van der Waals surface area contributed by atoms with E-state index >= 15 is 0 Å². The molecular weight excluding hydrogens is 310 g/mol. The topological polar surface area (TPSA) is 51.0 Å². The number of nitrogens with zero attached hydrogens (tertiary/aromatic N) is 2. The van der Waals surface area contributed by atoms with Crippen LogP contribution in [0.2, 0.25) is 5.02 Å². The first-order chi connectivity index (χ1) is 11.1. The molecule has 4 nitrogen and oxygen atoms in total. The van der Waals surface area contributed by atoms with Crippen LogP contribution in [0.5, 0.6) is 0 Å². The SMILES string of the molecule is CC(NC(C)c1ccccc1Cl)c1nnc(-c2ccccc2)o1. The van der Waals surface area contributed by atoms with Crippen LogP contribution in [0.15, 0.2) is 59.0 Å². The Kier molecular flexibility index (Phi) is 4.74. The number of aromatic nitrogens is 2. The minimum atomic E-state index is -0.0776. The molecule has 0 aliphatic rings. The monoisotopic (exact) mass is 327 g/mol. The van der Waals surface area contributed by atoms with Gasteiger partial charge in [-0.05, 0) is 37.6 Å². The van der Waals surface area contributed by atoms with Crippen molar-refractivity contribution in [3.05, 3.63) is 71.1 Å². The molecule has 118 valence electrons. The van der Waals surface area contributed by atoms with Crippen molar-refractivity contribution in [3.8, 4) is 11.5 Å². The molecule has 0 bridgehead atoms. The summed E-state index contributed by atoms with van der Waals surface area (Å²) in [4.78, 5) is 0. The van der Waals surface area contributed by atoms with Crippen molar-refractivity contribution in [3.63, 3.8) is 0 Å². The van der Waals surface area contributed by atoms with Gasteiger partial charge >= 0.3 is 0 Å². The van der Waals surface area contributed by atoms with Crippen LogP contribution in [0, 0.1) is 0 Å². The Morgan fingerprint density at radius 3 is 2.35 bits per heavy atom. The van der Waals surface area contributed by atoms with Gasteiger partial charge < -0.3 is 4.42 Å². The molecule has 1 aromatic heterocycles. The van der Waals surface area contributed by atoms with E-state index in [9.17, 15) is 0 Å². The highest BCUT2D eigenvalue weighted by atomic mass is 35.5. The highest BCUT2D eigenvalue weighted by molar-refractivity contribution is 6.31. The van der Waals surface area contributed by atoms with Crippen molar-refractivity contribution >= 4 is 11.6 Å². The Balaban J connectivity index is 1.73. The summed E-state index contributed by atoms with van der Waals surface area (Å²) in [6, 6.07) is 17.5. The van der Waals surface area contributed by atoms with Crippen molar-refractivity contribution in [1.29, 1.82) is 0 Å². The van der Waals surface area contributed by atoms with E-state index in [4.69, 9.17) is 16.0 Å². The molecule has 1 heterocycles. The zero-order chi connectivity index (χ0) is 16.2. The van der Waals surface area contributed by atoms with Crippen molar-refractivity contribution in [2.75, 3.05) is 0 Å². The van der Waals surface area contributed by atoms with Crippen LogP contribution >= 0.6 is 11.6 Å². The van der Waals surface area contributed by atoms with Crippen LogP contribution in [-0.4, -0.2) is 10.2 Å². The van der Waals surface area contributed by atoms with Crippen LogP contribution < -0.4 is 5.32 Å². The predicted molar refractivity (Wildman–Crippen MR) is 91.2 cm³/mol. The maximum absolute atomic E-state index is 6.24. The third kappa shape index (κ3) is 3.60. The second-order valence-corrected chi connectivity index (χ2v) is 5.85. The quantitative estimate of drug-likeness (QED) is 0.731. The molecule has 5 heteroatoms. The second kappa shape index (κ2) is 6.94. The van der Waals surface area contributed by atoms with Crippen LogP contribution in [0.25, 0.3) is 11.5 Å². The van der Waals surface area contributed by atoms with Gasteiger partial charge in [-0.15, -0.1) is 10.2 Å². The Labute approximate surface area is 140 Å². The van der Waals surface area contributed by atoms with Crippen LogP contribution in [0.3, 0.4) is 0 Å². The summed E-state index contributed by atoms with van der Waals surface area (Å²) in [7, 11) is 0. The summed E-state index contributed by atoms with van der Waals surface area (Å²) < 4.78 is 5.78. The lowest BCUT2D eigenvalue weighted by Gasteiger charge is -2.18. The van der Waals surface area contributed by atoms with E-state index in [2.05, 4.69) is 22.4 Å². The number of hydrogen-bond acceptors (Lipinski definition) is 4. The first-order valence-electron chi connectivity index (χ1n) is 7.54. The summed E-state index contributed by atoms with van der Waals surface area (Å²) in [6.07, 6.45) is 0. The third-order valence-corrected chi connectivity index (χ3v) is 4.05. The average Bonchev–Trinajstić information content (AvgIpc) is 3.06. The highest BCUT2D eigenvalue weighted by Gasteiger charge is 2.18. The molecule has 2 aromatic carbocycles. The molecule has 0 fully saturated rings. The summed E-state index contributed by atoms with van der Waals surface area (Å²) in [5.74, 6) is 1.09. The normalized spacial score (nSPS) is 13.7. The standard InChI is InChI=1S/C18H18ClN3O/c1-12(15-10-6-7-11-16(15)19)20-13(2)17-21-22-18(23-17)14-8-4-3-5-9-14/h3-13,20H,1-2H3. The van der Waals surface area contributed by atoms with Crippen molar-refractivity contribution in [2.24, 2.45) is 0 Å². The number of halogens is 1. The van der Waals surface area contributed by atoms with Gasteiger partial charge in [-0.1, -0.05) is 48.0 Å². The van der Waals surface area contributed by atoms with Gasteiger partial charge in [-0.2, -0.15) is 0 Å². The van der Waals surface area contributed by atoms with E-state index in [1.807, 2.05) is 61.5 Å². The van der Waals surface area contributed by atoms with E-state index in [0.717, 1.165) is 16.1 Å². The van der Waals surface area contributed by atoms with E-state index in [0.29, 0.717) is 11.8 Å². The average molecular weight is 328 g/mol. The summed E-state index contributed by atoms with van der Waals surface area (Å²) in [6.45, 7) is 4.06. The van der Waals surface area contributed by atoms with E-state index < -0.39 is 0 Å². The molecule has 23 heavy (non-hydrogen) atoms. The first kappa shape index (κ1) is 15.7. The molecule has 2 atom stereocenters. The maximum atomic E-state index is 6.24. The molecule has 1 N–H and O–H groups in total. The number of nitrogens with one attached hydrogen (secondary N) is 1. The fourth-order valence-corrected chi connectivity index (χ4v) is 2.77. The summed E-state index contributed by atoms with van der Waals surface area (Å²) in [5, 5.41) is 12.5. The predicted octanol–water partition coefficient (Wildman–Crippen LogP) is 4.80. The number of hydrogen-bond donors (Lipinski definition) is 1. The molecule has 0 saturated heterocycles. The fraction of sp³-hybridized carbons (Fsp3) is 0.222. The Morgan fingerprint density at radius 2 is 1.61 bits per heavy atom. The zero-order valence-corrected chi connectivity index (χ0v) is 13.8. The van der Waals surface area contributed by atoms with Gasteiger partial charge in [-0.3, -0.25) is 5.32 Å². The van der Waals surface area contributed by atoms with Gasteiger partial charge in [-0.25, -0.2) is 0 Å². The molecule has 0 aliphatic carbocycles. The minimum absolute atomic E-state index is 0.0748. The van der Waals surface area contributed by atoms with Gasteiger partial charge in [0.15, 0.2) is 0 Å². The lowest BCUT2D eigenvalue weighted by atomic mass is 10.1. The largest absolute Gasteiger partial charge is 0.419 e. The number of benzene rings is 2. The lowest BCUT2D eigenvalue weighted by molar-refractivity contribution is 0.395. The Bertz CT molecular complexity index is 773. The summed E-state index contributed by atoms with van der Waals surface area (Å²) in [5.41, 5.74) is 1.96. The van der Waals surface area contributed by atoms with Crippen LogP contribution in [0.1, 0.15) is 37.4 Å². The first-order valence-corrected chi connectivity index (χ1v) is 7.92. The molecule has 0 aliphatic heterocycles. The molecule has 0 amide bonds. The van der Waals surface area contributed by atoms with Gasteiger partial charge in [0.25, 0.3) is 0 Å². The Hall–Kier alpha value is -2.17. The lowest BCUT2D eigenvalue weighted by Crippen LogP contribution is -2.23. The maximum Gasteiger partial charge on any atom is 0.247 e. The fourth-order valence-electron chi connectivity index (χ4n) is 2.47. The molecule has 0 spiro atoms. The molecule has 2 unspecified atom stereocenters. The Morgan fingerprint density at radius 1 is 0.913 bits per heavy atom. The summed E-state index contributed by atoms with van der Waals surface area (Å²) >= 11 is 6.24. The second-order valence-electron chi connectivity index (χ2n) is 5.44. The van der Waals surface area contributed by atoms with Gasteiger partial charge in [0.05, 0.1) is 6.04 Å². The third-order valence-electron chi connectivity index (χ3n) is 3.70. The minimum Gasteiger partial charge on any atom is -0.419 e. The molecule has 3 rings (SSSR count). The molecule has 3 aromatic rings. The molecule has 0 radical (unpaired) electrons. The van der Waals surface area contributed by atoms with Crippen LogP contribution in [0.4, 0.5) is 0 Å². The van der Waals surface area contributed by atoms with E-state index in [1.165, 1.54) is 0 Å². The molecular formula is C18H18ClN3O. The van der Waals surface area contributed by atoms with Gasteiger partial charge in [0, 0.05) is 16.6 Å². The van der Waals surface area contributed by atoms with Crippen molar-refractivity contribution < 1.29 is 4.42 Å². The van der Waals surface area contributed by atoms with Gasteiger partial charge in [0.2, 0.25) is 11.8 Å². The number of rotatable bonds is 5. The van der Waals surface area contributed by atoms with Crippen molar-refractivity contribution in [1.82, 2.24) is 15.5 Å².